The molecule has 0 bridgehead atoms. The van der Waals surface area contributed by atoms with Crippen LogP contribution in [-0.4, -0.2) is 22.8 Å². The number of nitrogen functional groups attached to an aromatic ring is 1. The first-order chi connectivity index (χ1) is 10.1. The lowest BCUT2D eigenvalue weighted by Gasteiger charge is -2.07. The highest BCUT2D eigenvalue weighted by atomic mass is 32.2. The normalized spacial score (nSPS) is 11.8. The van der Waals surface area contributed by atoms with Gasteiger partial charge in [0.2, 0.25) is 0 Å². The molecule has 3 rings (SSSR count). The van der Waals surface area contributed by atoms with Crippen LogP contribution in [0.25, 0.3) is 5.65 Å². The lowest BCUT2D eigenvalue weighted by molar-refractivity contribution is 0.577. The molecule has 0 saturated heterocycles. The zero-order valence-corrected chi connectivity index (χ0v) is 11.8. The van der Waals surface area contributed by atoms with Crippen LogP contribution < -0.4 is 10.5 Å². The van der Waals surface area contributed by atoms with E-state index in [4.69, 9.17) is 5.73 Å². The molecule has 3 N–H and O–H groups in total. The van der Waals surface area contributed by atoms with E-state index >= 15 is 0 Å². The van der Waals surface area contributed by atoms with E-state index in [1.165, 1.54) is 4.40 Å². The van der Waals surface area contributed by atoms with Crippen molar-refractivity contribution in [3.8, 4) is 0 Å². The summed E-state index contributed by atoms with van der Waals surface area (Å²) in [6.45, 7) is 0.135. The van der Waals surface area contributed by atoms with E-state index in [0.29, 0.717) is 5.65 Å². The maximum absolute atomic E-state index is 12.4. The largest absolute Gasteiger partial charge is 0.381 e. The Bertz CT molecular complexity index is 874. The summed E-state index contributed by atoms with van der Waals surface area (Å²) in [4.78, 5) is 7.98. The van der Waals surface area contributed by atoms with Gasteiger partial charge < -0.3 is 5.73 Å². The third-order valence-electron chi connectivity index (χ3n) is 2.95. The Morgan fingerprint density at radius 3 is 2.86 bits per heavy atom. The number of rotatable bonds is 4. The first kappa shape index (κ1) is 13.5. The monoisotopic (exact) mass is 303 g/mol. The Hall–Kier alpha value is -2.45. The Morgan fingerprint density at radius 1 is 1.24 bits per heavy atom. The summed E-state index contributed by atoms with van der Waals surface area (Å²) >= 11 is 0. The third-order valence-corrected chi connectivity index (χ3v) is 4.39. The van der Waals surface area contributed by atoms with Crippen LogP contribution in [0.2, 0.25) is 0 Å². The molecule has 108 valence electrons. The van der Waals surface area contributed by atoms with E-state index < -0.39 is 10.0 Å². The number of nitrogens with zero attached hydrogens (tertiary/aromatic N) is 3. The van der Waals surface area contributed by atoms with Gasteiger partial charge in [0, 0.05) is 25.1 Å². The molecule has 21 heavy (non-hydrogen) atoms. The van der Waals surface area contributed by atoms with Gasteiger partial charge in [-0.3, -0.25) is 9.38 Å². The summed E-state index contributed by atoms with van der Waals surface area (Å²) in [6.07, 6.45) is 4.83. The summed E-state index contributed by atoms with van der Waals surface area (Å²) < 4.78 is 28.8. The molecule has 0 amide bonds. The van der Waals surface area contributed by atoms with Gasteiger partial charge >= 0.3 is 0 Å². The van der Waals surface area contributed by atoms with E-state index in [9.17, 15) is 8.42 Å². The highest BCUT2D eigenvalue weighted by molar-refractivity contribution is 7.89. The van der Waals surface area contributed by atoms with Crippen LogP contribution in [0.1, 0.15) is 5.56 Å². The number of sulfonamides is 1. The second-order valence-electron chi connectivity index (χ2n) is 4.42. The van der Waals surface area contributed by atoms with Gasteiger partial charge in [0.25, 0.3) is 10.0 Å². The Balaban J connectivity index is 1.95. The summed E-state index contributed by atoms with van der Waals surface area (Å²) in [5.74, 6) is -0.0279. The van der Waals surface area contributed by atoms with Gasteiger partial charge in [-0.15, -0.1) is 0 Å². The molecule has 0 aliphatic heterocycles. The fourth-order valence-electron chi connectivity index (χ4n) is 2.01. The fourth-order valence-corrected chi connectivity index (χ4v) is 3.24. The van der Waals surface area contributed by atoms with Gasteiger partial charge in [-0.1, -0.05) is 12.1 Å². The van der Waals surface area contributed by atoms with Crippen molar-refractivity contribution in [1.29, 1.82) is 0 Å². The molecule has 0 unspecified atom stereocenters. The van der Waals surface area contributed by atoms with E-state index in [-0.39, 0.29) is 17.4 Å². The van der Waals surface area contributed by atoms with Crippen molar-refractivity contribution in [2.24, 2.45) is 0 Å². The SMILES string of the molecule is Nc1nc2ccccn2c1S(=O)(=O)NCc1cccnc1. The maximum Gasteiger partial charge on any atom is 0.260 e. The molecule has 0 saturated carbocycles. The third kappa shape index (κ3) is 2.58. The zero-order valence-electron chi connectivity index (χ0n) is 11.0. The van der Waals surface area contributed by atoms with Gasteiger partial charge in [0.1, 0.15) is 5.65 Å². The highest BCUT2D eigenvalue weighted by Gasteiger charge is 2.23. The quantitative estimate of drug-likeness (QED) is 0.742. The number of hydrogen-bond donors (Lipinski definition) is 2. The Morgan fingerprint density at radius 2 is 2.10 bits per heavy atom. The van der Waals surface area contributed by atoms with E-state index in [1.807, 2.05) is 0 Å². The number of nitrogens with two attached hydrogens (primary N) is 1. The lowest BCUT2D eigenvalue weighted by Crippen LogP contribution is -2.25. The van der Waals surface area contributed by atoms with Crippen molar-refractivity contribution in [1.82, 2.24) is 19.1 Å². The van der Waals surface area contributed by atoms with Gasteiger partial charge in [-0.2, -0.15) is 0 Å². The van der Waals surface area contributed by atoms with Crippen molar-refractivity contribution in [2.75, 3.05) is 5.73 Å². The summed E-state index contributed by atoms with van der Waals surface area (Å²) in [5, 5.41) is -0.0537. The molecule has 0 radical (unpaired) electrons. The van der Waals surface area contributed by atoms with Gasteiger partial charge in [-0.25, -0.2) is 18.1 Å². The number of hydrogen-bond acceptors (Lipinski definition) is 5. The molecule has 0 aliphatic rings. The second kappa shape index (κ2) is 5.15. The van der Waals surface area contributed by atoms with E-state index in [1.54, 1.807) is 48.9 Å². The molecule has 0 spiro atoms. The van der Waals surface area contributed by atoms with Crippen LogP contribution in [0.15, 0.2) is 53.9 Å². The predicted octanol–water partition coefficient (Wildman–Crippen LogP) is 0.790. The first-order valence-corrected chi connectivity index (χ1v) is 7.67. The summed E-state index contributed by atoms with van der Waals surface area (Å²) in [5.41, 5.74) is 6.99. The van der Waals surface area contributed by atoms with Gasteiger partial charge in [-0.05, 0) is 23.8 Å². The standard InChI is InChI=1S/C13H13N5O2S/c14-12-13(18-7-2-1-5-11(18)17-12)21(19,20)16-9-10-4-3-6-15-8-10/h1-8,16H,9,14H2. The van der Waals surface area contributed by atoms with Crippen molar-refractivity contribution < 1.29 is 8.42 Å². The van der Waals surface area contributed by atoms with Crippen LogP contribution in [-0.2, 0) is 16.6 Å². The number of imidazole rings is 1. The van der Waals surface area contributed by atoms with Crippen LogP contribution in [0, 0.1) is 0 Å². The van der Waals surface area contributed by atoms with Gasteiger partial charge in [0.05, 0.1) is 0 Å². The molecule has 8 heteroatoms. The van der Waals surface area contributed by atoms with Gasteiger partial charge in [0.15, 0.2) is 10.8 Å². The number of aromatic nitrogens is 3. The first-order valence-electron chi connectivity index (χ1n) is 6.19. The number of pyridine rings is 2. The van der Waals surface area contributed by atoms with E-state index in [0.717, 1.165) is 5.56 Å². The Kier molecular flexibility index (Phi) is 3.32. The minimum atomic E-state index is -3.77. The minimum Gasteiger partial charge on any atom is -0.381 e. The molecule has 0 fully saturated rings. The van der Waals surface area contributed by atoms with Crippen LogP contribution in [0.5, 0.6) is 0 Å². The van der Waals surface area contributed by atoms with Crippen molar-refractivity contribution in [3.05, 3.63) is 54.5 Å². The lowest BCUT2D eigenvalue weighted by atomic mass is 10.3. The van der Waals surface area contributed by atoms with Crippen molar-refractivity contribution >= 4 is 21.5 Å². The number of nitrogens with one attached hydrogen (secondary N) is 1. The van der Waals surface area contributed by atoms with Crippen molar-refractivity contribution in [2.45, 2.75) is 11.6 Å². The number of fused-ring (bicyclic) bond motifs is 1. The molecule has 3 aromatic heterocycles. The molecule has 3 heterocycles. The molecule has 0 atom stereocenters. The molecular weight excluding hydrogens is 290 g/mol. The van der Waals surface area contributed by atoms with Crippen LogP contribution >= 0.6 is 0 Å². The van der Waals surface area contributed by atoms with E-state index in [2.05, 4.69) is 14.7 Å². The minimum absolute atomic E-state index is 0.0279. The highest BCUT2D eigenvalue weighted by Crippen LogP contribution is 2.19. The summed E-state index contributed by atoms with van der Waals surface area (Å²) in [7, 11) is -3.77. The van der Waals surface area contributed by atoms with Crippen LogP contribution in [0.4, 0.5) is 5.82 Å². The van der Waals surface area contributed by atoms with Crippen LogP contribution in [0.3, 0.4) is 0 Å². The molecule has 3 aromatic rings. The predicted molar refractivity (Wildman–Crippen MR) is 77.9 cm³/mol. The molecule has 7 nitrogen and oxygen atoms in total. The average molecular weight is 303 g/mol. The summed E-state index contributed by atoms with van der Waals surface area (Å²) in [6, 6.07) is 8.70. The maximum atomic E-state index is 12.4. The molecule has 0 aliphatic carbocycles. The fraction of sp³-hybridized carbons (Fsp3) is 0.0769. The second-order valence-corrected chi connectivity index (χ2v) is 6.10. The number of anilines is 1. The smallest absolute Gasteiger partial charge is 0.260 e. The molecule has 0 aromatic carbocycles. The average Bonchev–Trinajstić information content (AvgIpc) is 2.83. The zero-order chi connectivity index (χ0) is 14.9. The molecular formula is C13H13N5O2S. The Labute approximate surface area is 121 Å². The topological polar surface area (TPSA) is 102 Å². The van der Waals surface area contributed by atoms with Crippen molar-refractivity contribution in [3.63, 3.8) is 0 Å².